The normalized spacial score (nSPS) is 14.4. The minimum atomic E-state index is -0.119. The third-order valence-electron chi connectivity index (χ3n) is 3.02. The van der Waals surface area contributed by atoms with Gasteiger partial charge in [-0.1, -0.05) is 23.5 Å². The van der Waals surface area contributed by atoms with Crippen molar-refractivity contribution in [2.45, 2.75) is 25.7 Å². The molecule has 1 N–H and O–H groups in total. The average Bonchev–Trinajstić information content (AvgIpc) is 3.14. The van der Waals surface area contributed by atoms with Crippen LogP contribution in [-0.2, 0) is 0 Å². The third-order valence-corrected chi connectivity index (χ3v) is 5.46. The van der Waals surface area contributed by atoms with Crippen molar-refractivity contribution < 1.29 is 4.79 Å². The van der Waals surface area contributed by atoms with Crippen molar-refractivity contribution in [3.05, 3.63) is 37.9 Å². The molecular formula is C13H12IN3OS. The molecule has 1 saturated carbocycles. The summed E-state index contributed by atoms with van der Waals surface area (Å²) in [4.78, 5) is 12.2. The van der Waals surface area contributed by atoms with Gasteiger partial charge in [0.25, 0.3) is 5.91 Å². The van der Waals surface area contributed by atoms with Gasteiger partial charge in [0.2, 0.25) is 5.13 Å². The first-order valence-corrected chi connectivity index (χ1v) is 7.94. The van der Waals surface area contributed by atoms with Gasteiger partial charge in [0.15, 0.2) is 0 Å². The molecule has 98 valence electrons. The number of benzene rings is 1. The molecule has 0 saturated heterocycles. The fourth-order valence-corrected chi connectivity index (χ4v) is 3.28. The molecule has 0 radical (unpaired) electrons. The van der Waals surface area contributed by atoms with Crippen molar-refractivity contribution >= 4 is 45.0 Å². The van der Waals surface area contributed by atoms with Gasteiger partial charge in [-0.2, -0.15) is 0 Å². The predicted molar refractivity (Wildman–Crippen MR) is 83.7 cm³/mol. The smallest absolute Gasteiger partial charge is 0.258 e. The topological polar surface area (TPSA) is 54.9 Å². The Balaban J connectivity index is 1.78. The van der Waals surface area contributed by atoms with Crippen LogP contribution in [0.5, 0.6) is 0 Å². The molecule has 1 amide bonds. The van der Waals surface area contributed by atoms with Crippen LogP contribution in [0.2, 0.25) is 0 Å². The number of halogens is 1. The van der Waals surface area contributed by atoms with Gasteiger partial charge in [-0.05, 0) is 54.0 Å². The lowest BCUT2D eigenvalue weighted by molar-refractivity contribution is 0.102. The second-order valence-electron chi connectivity index (χ2n) is 4.61. The summed E-state index contributed by atoms with van der Waals surface area (Å²) in [6.45, 7) is 1.99. The molecule has 1 aliphatic carbocycles. The van der Waals surface area contributed by atoms with E-state index in [1.807, 2.05) is 25.1 Å². The molecule has 0 atom stereocenters. The van der Waals surface area contributed by atoms with Gasteiger partial charge >= 0.3 is 0 Å². The fraction of sp³-hybridized carbons (Fsp3) is 0.308. The Morgan fingerprint density at radius 1 is 1.42 bits per heavy atom. The highest BCUT2D eigenvalue weighted by Crippen LogP contribution is 2.42. The molecule has 0 spiro atoms. The van der Waals surface area contributed by atoms with Gasteiger partial charge in [-0.25, -0.2) is 0 Å². The molecule has 1 aliphatic rings. The molecule has 0 aliphatic heterocycles. The number of aromatic nitrogens is 2. The van der Waals surface area contributed by atoms with E-state index in [1.165, 1.54) is 24.2 Å². The first-order valence-electron chi connectivity index (χ1n) is 6.05. The Morgan fingerprint density at radius 3 is 2.95 bits per heavy atom. The molecule has 3 rings (SSSR count). The van der Waals surface area contributed by atoms with Crippen molar-refractivity contribution in [1.29, 1.82) is 0 Å². The highest BCUT2D eigenvalue weighted by atomic mass is 127. The van der Waals surface area contributed by atoms with Crippen molar-refractivity contribution in [2.24, 2.45) is 0 Å². The third kappa shape index (κ3) is 2.79. The lowest BCUT2D eigenvalue weighted by atomic mass is 10.1. The van der Waals surface area contributed by atoms with Crippen LogP contribution in [0.15, 0.2) is 18.2 Å². The van der Waals surface area contributed by atoms with Crippen molar-refractivity contribution in [1.82, 2.24) is 10.2 Å². The molecule has 1 heterocycles. The first kappa shape index (κ1) is 13.0. The van der Waals surface area contributed by atoms with E-state index in [4.69, 9.17) is 0 Å². The number of anilines is 1. The molecule has 0 unspecified atom stereocenters. The van der Waals surface area contributed by atoms with Gasteiger partial charge in [0.05, 0.1) is 5.56 Å². The zero-order valence-corrected chi connectivity index (χ0v) is 13.3. The Labute approximate surface area is 128 Å². The number of carbonyl (C=O) groups is 1. The molecule has 1 aromatic carbocycles. The van der Waals surface area contributed by atoms with Crippen LogP contribution >= 0.6 is 33.9 Å². The first-order chi connectivity index (χ1) is 9.15. The Morgan fingerprint density at radius 2 is 2.21 bits per heavy atom. The molecule has 2 aromatic rings. The molecule has 4 nitrogen and oxygen atoms in total. The van der Waals surface area contributed by atoms with Gasteiger partial charge < -0.3 is 0 Å². The summed E-state index contributed by atoms with van der Waals surface area (Å²) in [5.41, 5.74) is 1.79. The molecular weight excluding hydrogens is 373 g/mol. The number of hydrogen-bond donors (Lipinski definition) is 1. The van der Waals surface area contributed by atoms with Crippen LogP contribution in [0.4, 0.5) is 5.13 Å². The number of aryl methyl sites for hydroxylation is 1. The maximum absolute atomic E-state index is 12.2. The standard InChI is InChI=1S/C13H12IN3OS/c1-7-3-2-4-9(10(7)14)11(18)15-13-17-16-12(19-13)8-5-6-8/h2-4,8H,5-6H2,1H3,(H,15,17,18). The summed E-state index contributed by atoms with van der Waals surface area (Å²) in [7, 11) is 0. The maximum Gasteiger partial charge on any atom is 0.258 e. The molecule has 19 heavy (non-hydrogen) atoms. The highest BCUT2D eigenvalue weighted by molar-refractivity contribution is 14.1. The molecule has 6 heteroatoms. The van der Waals surface area contributed by atoms with Crippen LogP contribution in [0, 0.1) is 10.5 Å². The van der Waals surface area contributed by atoms with E-state index in [0.29, 0.717) is 16.6 Å². The second kappa shape index (κ2) is 5.16. The van der Waals surface area contributed by atoms with Crippen LogP contribution in [-0.4, -0.2) is 16.1 Å². The van der Waals surface area contributed by atoms with Crippen LogP contribution in [0.3, 0.4) is 0 Å². The van der Waals surface area contributed by atoms with E-state index in [0.717, 1.165) is 14.1 Å². The zero-order valence-electron chi connectivity index (χ0n) is 10.3. The monoisotopic (exact) mass is 385 g/mol. The Kier molecular flexibility index (Phi) is 3.53. The van der Waals surface area contributed by atoms with Crippen LogP contribution in [0.1, 0.15) is 39.7 Å². The van der Waals surface area contributed by atoms with Gasteiger partial charge in [0, 0.05) is 9.49 Å². The number of nitrogens with zero attached hydrogens (tertiary/aromatic N) is 2. The fourth-order valence-electron chi connectivity index (χ4n) is 1.77. The van der Waals surface area contributed by atoms with E-state index >= 15 is 0 Å². The largest absolute Gasteiger partial charge is 0.296 e. The van der Waals surface area contributed by atoms with Gasteiger partial charge in [0.1, 0.15) is 5.01 Å². The van der Waals surface area contributed by atoms with Crippen molar-refractivity contribution in [3.63, 3.8) is 0 Å². The summed E-state index contributed by atoms with van der Waals surface area (Å²) in [5, 5.41) is 12.6. The van der Waals surface area contributed by atoms with E-state index < -0.39 is 0 Å². The summed E-state index contributed by atoms with van der Waals surface area (Å²) in [5.74, 6) is 0.453. The molecule has 1 fully saturated rings. The summed E-state index contributed by atoms with van der Waals surface area (Å²) in [6, 6.07) is 5.71. The lowest BCUT2D eigenvalue weighted by Gasteiger charge is -2.05. The summed E-state index contributed by atoms with van der Waals surface area (Å²) >= 11 is 3.68. The predicted octanol–water partition coefficient (Wildman–Crippen LogP) is 3.58. The summed E-state index contributed by atoms with van der Waals surface area (Å²) < 4.78 is 0.976. The van der Waals surface area contributed by atoms with E-state index in [9.17, 15) is 4.79 Å². The number of amides is 1. The lowest BCUT2D eigenvalue weighted by Crippen LogP contribution is -2.13. The van der Waals surface area contributed by atoms with Crippen molar-refractivity contribution in [3.8, 4) is 0 Å². The molecule has 0 bridgehead atoms. The minimum absolute atomic E-state index is 0.119. The van der Waals surface area contributed by atoms with Gasteiger partial charge in [-0.15, -0.1) is 10.2 Å². The van der Waals surface area contributed by atoms with E-state index in [-0.39, 0.29) is 5.91 Å². The summed E-state index contributed by atoms with van der Waals surface area (Å²) in [6.07, 6.45) is 2.39. The van der Waals surface area contributed by atoms with Crippen LogP contribution < -0.4 is 5.32 Å². The van der Waals surface area contributed by atoms with Gasteiger partial charge in [-0.3, -0.25) is 10.1 Å². The zero-order chi connectivity index (χ0) is 13.4. The second-order valence-corrected chi connectivity index (χ2v) is 6.70. The Bertz CT molecular complexity index is 637. The van der Waals surface area contributed by atoms with E-state index in [2.05, 4.69) is 38.1 Å². The number of rotatable bonds is 3. The highest BCUT2D eigenvalue weighted by Gasteiger charge is 2.27. The maximum atomic E-state index is 12.2. The Hall–Kier alpha value is -1.02. The van der Waals surface area contributed by atoms with Crippen LogP contribution in [0.25, 0.3) is 0 Å². The number of hydrogen-bond acceptors (Lipinski definition) is 4. The number of nitrogens with one attached hydrogen (secondary N) is 1. The minimum Gasteiger partial charge on any atom is -0.296 e. The quantitative estimate of drug-likeness (QED) is 0.822. The average molecular weight is 385 g/mol. The number of carbonyl (C=O) groups excluding carboxylic acids is 1. The van der Waals surface area contributed by atoms with Crippen molar-refractivity contribution in [2.75, 3.05) is 5.32 Å². The molecule has 1 aromatic heterocycles. The van der Waals surface area contributed by atoms with E-state index in [1.54, 1.807) is 0 Å². The SMILES string of the molecule is Cc1cccc(C(=O)Nc2nnc(C3CC3)s2)c1I.